The Bertz CT molecular complexity index is 587. The number of carbonyl (C=O) groups excluding carboxylic acids is 1. The Labute approximate surface area is 112 Å². The van der Waals surface area contributed by atoms with Crippen molar-refractivity contribution in [2.45, 2.75) is 19.4 Å². The number of nitrogens with zero attached hydrogens (tertiary/aromatic N) is 1. The van der Waals surface area contributed by atoms with Crippen LogP contribution in [-0.2, 0) is 4.79 Å². The predicted molar refractivity (Wildman–Crippen MR) is 61.8 cm³/mol. The summed E-state index contributed by atoms with van der Waals surface area (Å²) in [4.78, 5) is 23.6. The molecule has 110 valence electrons. The summed E-state index contributed by atoms with van der Waals surface area (Å²) in [6, 6.07) is 0.265. The van der Waals surface area contributed by atoms with Crippen molar-refractivity contribution in [3.63, 3.8) is 0 Å². The highest BCUT2D eigenvalue weighted by Crippen LogP contribution is 2.27. The number of phenolic OH excluding ortho intramolecular Hbond substituents is 1. The first-order chi connectivity index (χ1) is 9.01. The van der Waals surface area contributed by atoms with Gasteiger partial charge in [-0.2, -0.15) is 4.39 Å². The first-order valence-corrected chi connectivity index (χ1v) is 5.39. The highest BCUT2D eigenvalue weighted by molar-refractivity contribution is 5.98. The fourth-order valence-corrected chi connectivity index (χ4v) is 1.32. The highest BCUT2D eigenvalue weighted by atomic mass is 19.2. The number of amides is 1. The molecule has 2 N–H and O–H groups in total. The number of likely N-dealkylation sites (N-methyl/N-ethyl adjacent to an activating group) is 1. The number of phenols is 1. The first kappa shape index (κ1) is 15.8. The summed E-state index contributed by atoms with van der Waals surface area (Å²) in [5.41, 5.74) is -2.66. The molecule has 1 rings (SSSR count). The van der Waals surface area contributed by atoms with Crippen LogP contribution < -0.4 is 0 Å². The van der Waals surface area contributed by atoms with Gasteiger partial charge in [-0.3, -0.25) is 4.79 Å². The number of benzene rings is 1. The summed E-state index contributed by atoms with van der Waals surface area (Å²) in [6.07, 6.45) is 0. The quantitative estimate of drug-likeness (QED) is 0.832. The zero-order valence-electron chi connectivity index (χ0n) is 10.9. The van der Waals surface area contributed by atoms with E-state index in [1.807, 2.05) is 0 Å². The molecule has 20 heavy (non-hydrogen) atoms. The molecule has 0 fully saturated rings. The minimum Gasteiger partial charge on any atom is -0.503 e. The average molecular weight is 291 g/mol. The molecule has 0 heterocycles. The molecule has 0 radical (unpaired) electrons. The Morgan fingerprint density at radius 2 is 1.70 bits per heavy atom. The maximum atomic E-state index is 13.6. The van der Waals surface area contributed by atoms with Crippen molar-refractivity contribution in [2.75, 3.05) is 7.05 Å². The van der Waals surface area contributed by atoms with Crippen LogP contribution in [0.15, 0.2) is 6.07 Å². The highest BCUT2D eigenvalue weighted by Gasteiger charge is 2.37. The largest absolute Gasteiger partial charge is 0.503 e. The van der Waals surface area contributed by atoms with Gasteiger partial charge in [0.15, 0.2) is 17.4 Å². The summed E-state index contributed by atoms with van der Waals surface area (Å²) >= 11 is 0. The molecule has 8 heteroatoms. The van der Waals surface area contributed by atoms with Crippen molar-refractivity contribution < 1.29 is 33.0 Å². The Morgan fingerprint density at radius 1 is 1.20 bits per heavy atom. The van der Waals surface area contributed by atoms with Gasteiger partial charge in [0.2, 0.25) is 5.82 Å². The van der Waals surface area contributed by atoms with Crippen LogP contribution in [0.1, 0.15) is 24.2 Å². The topological polar surface area (TPSA) is 77.8 Å². The van der Waals surface area contributed by atoms with Gasteiger partial charge in [-0.1, -0.05) is 0 Å². The van der Waals surface area contributed by atoms with E-state index in [0.29, 0.717) is 4.90 Å². The fraction of sp³-hybridized carbons (Fsp3) is 0.333. The summed E-state index contributed by atoms with van der Waals surface area (Å²) in [6.45, 7) is 2.34. The van der Waals surface area contributed by atoms with Crippen LogP contribution in [0.3, 0.4) is 0 Å². The lowest BCUT2D eigenvalue weighted by atomic mass is 10.0. The smallest absolute Gasteiger partial charge is 0.329 e. The van der Waals surface area contributed by atoms with E-state index >= 15 is 0 Å². The lowest BCUT2D eigenvalue weighted by Gasteiger charge is -2.31. The summed E-state index contributed by atoms with van der Waals surface area (Å²) in [5, 5.41) is 18.0. The molecule has 0 saturated heterocycles. The lowest BCUT2D eigenvalue weighted by molar-refractivity contribution is -0.147. The van der Waals surface area contributed by atoms with Crippen molar-refractivity contribution in [1.29, 1.82) is 0 Å². The molecule has 1 aromatic rings. The number of aromatic hydroxyl groups is 1. The first-order valence-electron chi connectivity index (χ1n) is 5.39. The number of carboxylic acids is 1. The van der Waals surface area contributed by atoms with Gasteiger partial charge in [-0.05, 0) is 19.9 Å². The second-order valence-electron chi connectivity index (χ2n) is 4.61. The van der Waals surface area contributed by atoms with Crippen LogP contribution in [0, 0.1) is 17.5 Å². The van der Waals surface area contributed by atoms with E-state index in [1.54, 1.807) is 0 Å². The molecule has 0 aliphatic rings. The summed E-state index contributed by atoms with van der Waals surface area (Å²) < 4.78 is 39.6. The van der Waals surface area contributed by atoms with Crippen molar-refractivity contribution in [2.24, 2.45) is 0 Å². The van der Waals surface area contributed by atoms with E-state index in [9.17, 15) is 22.8 Å². The van der Waals surface area contributed by atoms with E-state index in [-0.39, 0.29) is 6.07 Å². The second-order valence-corrected chi connectivity index (χ2v) is 4.61. The van der Waals surface area contributed by atoms with Gasteiger partial charge in [-0.25, -0.2) is 13.6 Å². The molecule has 1 amide bonds. The van der Waals surface area contributed by atoms with Crippen LogP contribution in [0.5, 0.6) is 5.75 Å². The molecular formula is C12H12F3NO4. The molecule has 0 aliphatic heterocycles. The van der Waals surface area contributed by atoms with Gasteiger partial charge < -0.3 is 15.1 Å². The standard InChI is InChI=1S/C12H12F3NO4/c1-12(2,11(19)20)16(3)10(18)5-4-6(13)8(15)9(17)7(5)14/h4,17H,1-3H3,(H,19,20). The molecule has 0 aromatic heterocycles. The minimum absolute atomic E-state index is 0.265. The molecule has 0 bridgehead atoms. The van der Waals surface area contributed by atoms with Crippen LogP contribution in [0.4, 0.5) is 13.2 Å². The predicted octanol–water partition coefficient (Wildman–Crippen LogP) is 1.74. The number of aliphatic carboxylic acids is 1. The fourth-order valence-electron chi connectivity index (χ4n) is 1.32. The van der Waals surface area contributed by atoms with Crippen molar-refractivity contribution >= 4 is 11.9 Å². The maximum absolute atomic E-state index is 13.6. The third-order valence-corrected chi connectivity index (χ3v) is 3.03. The third-order valence-electron chi connectivity index (χ3n) is 3.03. The van der Waals surface area contributed by atoms with Gasteiger partial charge >= 0.3 is 5.97 Å². The van der Waals surface area contributed by atoms with E-state index in [1.165, 1.54) is 13.8 Å². The van der Waals surface area contributed by atoms with Gasteiger partial charge in [0, 0.05) is 7.05 Å². The number of rotatable bonds is 3. The summed E-state index contributed by atoms with van der Waals surface area (Å²) in [5.74, 6) is -9.30. The van der Waals surface area contributed by atoms with Gasteiger partial charge in [0.05, 0.1) is 5.56 Å². The zero-order valence-corrected chi connectivity index (χ0v) is 10.9. The third kappa shape index (κ3) is 2.40. The van der Waals surface area contributed by atoms with Gasteiger partial charge in [-0.15, -0.1) is 0 Å². The molecule has 0 aliphatic carbocycles. The molecule has 0 spiro atoms. The number of carboxylic acid groups (broad SMARTS) is 1. The Balaban J connectivity index is 3.33. The van der Waals surface area contributed by atoms with Crippen LogP contribution in [0.25, 0.3) is 0 Å². The van der Waals surface area contributed by atoms with Crippen molar-refractivity contribution in [3.05, 3.63) is 29.1 Å². The van der Waals surface area contributed by atoms with Crippen LogP contribution in [0.2, 0.25) is 0 Å². The van der Waals surface area contributed by atoms with Gasteiger partial charge in [0.25, 0.3) is 5.91 Å². The molecule has 0 atom stereocenters. The molecule has 5 nitrogen and oxygen atoms in total. The SMILES string of the molecule is CN(C(=O)c1cc(F)c(F)c(O)c1F)C(C)(C)C(=O)O. The number of carbonyl (C=O) groups is 2. The number of hydrogen-bond acceptors (Lipinski definition) is 3. The van der Waals surface area contributed by atoms with Crippen LogP contribution >= 0.6 is 0 Å². The van der Waals surface area contributed by atoms with Gasteiger partial charge in [0.1, 0.15) is 5.54 Å². The molecule has 1 aromatic carbocycles. The minimum atomic E-state index is -1.82. The number of halogens is 3. The normalized spacial score (nSPS) is 11.3. The van der Waals surface area contributed by atoms with E-state index in [4.69, 9.17) is 10.2 Å². The van der Waals surface area contributed by atoms with E-state index in [2.05, 4.69) is 0 Å². The maximum Gasteiger partial charge on any atom is 0.329 e. The Morgan fingerprint density at radius 3 is 2.15 bits per heavy atom. The van der Waals surface area contributed by atoms with Crippen molar-refractivity contribution in [3.8, 4) is 5.75 Å². The number of hydrogen-bond donors (Lipinski definition) is 2. The lowest BCUT2D eigenvalue weighted by Crippen LogP contribution is -2.51. The van der Waals surface area contributed by atoms with Crippen molar-refractivity contribution in [1.82, 2.24) is 4.90 Å². The monoisotopic (exact) mass is 291 g/mol. The Hall–Kier alpha value is -2.25. The second kappa shape index (κ2) is 5.03. The zero-order chi connectivity index (χ0) is 15.8. The summed E-state index contributed by atoms with van der Waals surface area (Å²) in [7, 11) is 1.06. The molecule has 0 saturated carbocycles. The van der Waals surface area contributed by atoms with E-state index in [0.717, 1.165) is 7.05 Å². The Kier molecular flexibility index (Phi) is 3.97. The van der Waals surface area contributed by atoms with Crippen LogP contribution in [-0.4, -0.2) is 39.6 Å². The molecular weight excluding hydrogens is 279 g/mol. The molecule has 0 unspecified atom stereocenters. The average Bonchev–Trinajstić information content (AvgIpc) is 2.38. The van der Waals surface area contributed by atoms with E-state index < -0.39 is 46.2 Å².